The molecule has 0 saturated carbocycles. The first-order valence-electron chi connectivity index (χ1n) is 9.08. The summed E-state index contributed by atoms with van der Waals surface area (Å²) in [7, 11) is 1.51. The number of hydrogen-bond acceptors (Lipinski definition) is 4. The molecule has 4 aromatic rings. The molecule has 0 aliphatic carbocycles. The number of fused-ring (bicyclic) bond motifs is 1. The second-order valence-electron chi connectivity index (χ2n) is 6.62. The predicted molar refractivity (Wildman–Crippen MR) is 104 cm³/mol. The number of hydrogen-bond donors (Lipinski definition) is 1. The Balaban J connectivity index is 1.84. The van der Waals surface area contributed by atoms with E-state index in [9.17, 15) is 22.0 Å². The van der Waals surface area contributed by atoms with Crippen molar-refractivity contribution in [3.8, 4) is 11.6 Å². The van der Waals surface area contributed by atoms with Crippen LogP contribution in [0, 0.1) is 11.6 Å². The molecule has 4 rings (SSSR count). The van der Waals surface area contributed by atoms with Crippen LogP contribution in [0.4, 0.5) is 27.6 Å². The topological polar surface area (TPSA) is 52.0 Å². The van der Waals surface area contributed by atoms with Crippen LogP contribution in [0.1, 0.15) is 11.3 Å². The highest BCUT2D eigenvalue weighted by Crippen LogP contribution is 2.37. The molecule has 160 valence electrons. The lowest BCUT2D eigenvalue weighted by atomic mass is 10.2. The maximum absolute atomic E-state index is 13.6. The molecule has 10 heteroatoms. The fraction of sp³-hybridized carbons (Fsp3) is 0.143. The molecule has 31 heavy (non-hydrogen) atoms. The Hall–Kier alpha value is -3.69. The Labute approximate surface area is 173 Å². The van der Waals surface area contributed by atoms with Gasteiger partial charge in [0.2, 0.25) is 5.88 Å². The molecule has 0 spiro atoms. The average Bonchev–Trinajstić information content (AvgIpc) is 3.11. The van der Waals surface area contributed by atoms with E-state index in [0.29, 0.717) is 5.56 Å². The molecule has 2 aromatic carbocycles. The third kappa shape index (κ3) is 4.14. The van der Waals surface area contributed by atoms with Gasteiger partial charge in [-0.15, -0.1) is 0 Å². The van der Waals surface area contributed by atoms with Gasteiger partial charge in [0, 0.05) is 7.05 Å². The lowest BCUT2D eigenvalue weighted by Crippen LogP contribution is -2.07. The highest BCUT2D eigenvalue weighted by molar-refractivity contribution is 5.85. The van der Waals surface area contributed by atoms with E-state index >= 15 is 0 Å². The van der Waals surface area contributed by atoms with E-state index in [1.807, 2.05) is 0 Å². The van der Waals surface area contributed by atoms with Crippen LogP contribution in [0.2, 0.25) is 0 Å². The van der Waals surface area contributed by atoms with Crippen molar-refractivity contribution in [3.05, 3.63) is 77.5 Å². The molecule has 5 nitrogen and oxygen atoms in total. The SMILES string of the molecule is CNc1cc2c(C(F)(F)F)nn(-c3ccc(F)cc3)c2nc1OCc1cccc(F)c1. The fourth-order valence-electron chi connectivity index (χ4n) is 3.06. The summed E-state index contributed by atoms with van der Waals surface area (Å²) in [5.74, 6) is -0.973. The summed E-state index contributed by atoms with van der Waals surface area (Å²) in [5.41, 5.74) is -0.331. The van der Waals surface area contributed by atoms with E-state index in [0.717, 1.165) is 16.8 Å². The molecule has 0 bridgehead atoms. The van der Waals surface area contributed by atoms with Crippen molar-refractivity contribution in [3.63, 3.8) is 0 Å². The number of halogens is 5. The molecule has 0 radical (unpaired) electrons. The first-order chi connectivity index (χ1) is 14.8. The third-order valence-corrected chi connectivity index (χ3v) is 4.50. The number of aromatic nitrogens is 3. The average molecular weight is 434 g/mol. The van der Waals surface area contributed by atoms with E-state index in [-0.39, 0.29) is 34.9 Å². The summed E-state index contributed by atoms with van der Waals surface area (Å²) in [6, 6.07) is 11.8. The molecular formula is C21H15F5N4O. The molecule has 2 heterocycles. The molecule has 0 aliphatic heterocycles. The summed E-state index contributed by atoms with van der Waals surface area (Å²) < 4.78 is 74.1. The van der Waals surface area contributed by atoms with Crippen LogP contribution in [0.15, 0.2) is 54.6 Å². The van der Waals surface area contributed by atoms with E-state index in [2.05, 4.69) is 15.4 Å². The number of ether oxygens (including phenoxy) is 1. The van der Waals surface area contributed by atoms with Crippen LogP contribution in [-0.4, -0.2) is 21.8 Å². The van der Waals surface area contributed by atoms with Gasteiger partial charge in [0.25, 0.3) is 0 Å². The van der Waals surface area contributed by atoms with Crippen LogP contribution in [0.25, 0.3) is 16.7 Å². The third-order valence-electron chi connectivity index (χ3n) is 4.50. The van der Waals surface area contributed by atoms with Gasteiger partial charge in [-0.25, -0.2) is 13.5 Å². The maximum atomic E-state index is 13.6. The second kappa shape index (κ2) is 7.86. The van der Waals surface area contributed by atoms with Gasteiger partial charge in [0.1, 0.15) is 18.2 Å². The van der Waals surface area contributed by atoms with Gasteiger partial charge in [-0.3, -0.25) is 0 Å². The first-order valence-corrected chi connectivity index (χ1v) is 9.08. The van der Waals surface area contributed by atoms with Gasteiger partial charge in [-0.1, -0.05) is 12.1 Å². The lowest BCUT2D eigenvalue weighted by molar-refractivity contribution is -0.140. The van der Waals surface area contributed by atoms with E-state index < -0.39 is 23.5 Å². The number of nitrogens with one attached hydrogen (secondary N) is 1. The van der Waals surface area contributed by atoms with Crippen molar-refractivity contribution >= 4 is 16.7 Å². The van der Waals surface area contributed by atoms with Gasteiger partial charge in [0.05, 0.1) is 16.8 Å². The van der Waals surface area contributed by atoms with Gasteiger partial charge < -0.3 is 10.1 Å². The Bertz CT molecular complexity index is 1240. The minimum absolute atomic E-state index is 0.0104. The van der Waals surface area contributed by atoms with Gasteiger partial charge in [-0.2, -0.15) is 23.3 Å². The summed E-state index contributed by atoms with van der Waals surface area (Å²) in [4.78, 5) is 4.24. The van der Waals surface area contributed by atoms with Crippen molar-refractivity contribution in [2.45, 2.75) is 12.8 Å². The van der Waals surface area contributed by atoms with Crippen LogP contribution >= 0.6 is 0 Å². The molecule has 0 unspecified atom stereocenters. The molecule has 0 fully saturated rings. The molecular weight excluding hydrogens is 419 g/mol. The molecule has 0 aliphatic rings. The number of benzene rings is 2. The van der Waals surface area contributed by atoms with Gasteiger partial charge in [0.15, 0.2) is 11.3 Å². The monoisotopic (exact) mass is 434 g/mol. The number of nitrogens with zero attached hydrogens (tertiary/aromatic N) is 3. The zero-order valence-corrected chi connectivity index (χ0v) is 16.0. The minimum Gasteiger partial charge on any atom is -0.471 e. The summed E-state index contributed by atoms with van der Waals surface area (Å²) in [5, 5.41) is 6.19. The van der Waals surface area contributed by atoms with Crippen molar-refractivity contribution in [1.29, 1.82) is 0 Å². The van der Waals surface area contributed by atoms with Crippen molar-refractivity contribution in [1.82, 2.24) is 14.8 Å². The number of rotatable bonds is 5. The van der Waals surface area contributed by atoms with E-state index in [1.165, 1.54) is 43.4 Å². The van der Waals surface area contributed by atoms with E-state index in [1.54, 1.807) is 6.07 Å². The van der Waals surface area contributed by atoms with Gasteiger partial charge >= 0.3 is 6.18 Å². The maximum Gasteiger partial charge on any atom is 0.435 e. The van der Waals surface area contributed by atoms with Crippen LogP contribution in [0.3, 0.4) is 0 Å². The minimum atomic E-state index is -4.74. The largest absolute Gasteiger partial charge is 0.471 e. The summed E-state index contributed by atoms with van der Waals surface area (Å²) in [6.07, 6.45) is -4.74. The van der Waals surface area contributed by atoms with Crippen molar-refractivity contribution in [2.75, 3.05) is 12.4 Å². The normalized spacial score (nSPS) is 11.7. The number of pyridine rings is 1. The standard InChI is InChI=1S/C21H15F5N4O/c1-27-17-10-16-18(21(24,25)26)29-30(15-7-5-13(22)6-8-15)19(16)28-20(17)31-11-12-3-2-4-14(23)9-12/h2-10,27H,11H2,1H3. The molecule has 0 amide bonds. The Morgan fingerprint density at radius 1 is 1.00 bits per heavy atom. The smallest absolute Gasteiger partial charge is 0.435 e. The van der Waals surface area contributed by atoms with Crippen molar-refractivity contribution in [2.24, 2.45) is 0 Å². The van der Waals surface area contributed by atoms with Gasteiger partial charge in [-0.05, 0) is 48.0 Å². The summed E-state index contributed by atoms with van der Waals surface area (Å²) in [6.45, 7) is -0.0538. The zero-order valence-electron chi connectivity index (χ0n) is 16.0. The predicted octanol–water partition coefficient (Wildman–Crippen LogP) is 5.34. The molecule has 0 saturated heterocycles. The zero-order chi connectivity index (χ0) is 22.2. The highest BCUT2D eigenvalue weighted by atomic mass is 19.4. The Kier molecular flexibility index (Phi) is 5.22. The quantitative estimate of drug-likeness (QED) is 0.431. The lowest BCUT2D eigenvalue weighted by Gasteiger charge is -2.12. The number of anilines is 1. The Morgan fingerprint density at radius 2 is 1.74 bits per heavy atom. The second-order valence-corrected chi connectivity index (χ2v) is 6.62. The van der Waals surface area contributed by atoms with Crippen LogP contribution in [0.5, 0.6) is 5.88 Å². The Morgan fingerprint density at radius 3 is 2.39 bits per heavy atom. The molecule has 1 N–H and O–H groups in total. The van der Waals surface area contributed by atoms with E-state index in [4.69, 9.17) is 4.74 Å². The fourth-order valence-corrected chi connectivity index (χ4v) is 3.06. The van der Waals surface area contributed by atoms with Crippen molar-refractivity contribution < 1.29 is 26.7 Å². The van der Waals surface area contributed by atoms with Crippen LogP contribution in [-0.2, 0) is 12.8 Å². The molecule has 2 aromatic heterocycles. The first kappa shape index (κ1) is 20.6. The highest BCUT2D eigenvalue weighted by Gasteiger charge is 2.38. The molecule has 0 atom stereocenters. The number of alkyl halides is 3. The van der Waals surface area contributed by atoms with Crippen LogP contribution < -0.4 is 10.1 Å². The summed E-state index contributed by atoms with van der Waals surface area (Å²) >= 11 is 0.